The van der Waals surface area contributed by atoms with Crippen LogP contribution in [-0.4, -0.2) is 47.6 Å². The van der Waals surface area contributed by atoms with Gasteiger partial charge in [0.2, 0.25) is 5.88 Å². The van der Waals surface area contributed by atoms with Crippen LogP contribution in [0.1, 0.15) is 42.6 Å². The molecule has 1 fully saturated rings. The van der Waals surface area contributed by atoms with Crippen molar-refractivity contribution in [2.24, 2.45) is 5.92 Å². The van der Waals surface area contributed by atoms with E-state index >= 15 is 0 Å². The largest absolute Gasteiger partial charge is 0.475 e. The number of pyridine rings is 1. The lowest BCUT2D eigenvalue weighted by Gasteiger charge is -2.33. The van der Waals surface area contributed by atoms with Crippen LogP contribution in [0, 0.1) is 12.8 Å². The molecule has 0 bridgehead atoms. The van der Waals surface area contributed by atoms with Gasteiger partial charge in [-0.15, -0.1) is 0 Å². The van der Waals surface area contributed by atoms with Crippen LogP contribution < -0.4 is 15.4 Å². The summed E-state index contributed by atoms with van der Waals surface area (Å²) in [6.07, 6.45) is 3.50. The van der Waals surface area contributed by atoms with Crippen molar-refractivity contribution >= 4 is 17.6 Å². The number of piperidine rings is 1. The fraction of sp³-hybridized carbons (Fsp3) is 0.435. The molecule has 0 aliphatic carbocycles. The number of aromatic nitrogens is 1. The molecule has 1 aromatic heterocycles. The summed E-state index contributed by atoms with van der Waals surface area (Å²) in [4.78, 5) is 31.1. The number of hydrogen-bond acceptors (Lipinski definition) is 4. The van der Waals surface area contributed by atoms with Gasteiger partial charge < -0.3 is 20.3 Å². The van der Waals surface area contributed by atoms with Crippen LogP contribution in [0.3, 0.4) is 0 Å². The smallest absolute Gasteiger partial charge is 0.319 e. The molecule has 160 valence electrons. The van der Waals surface area contributed by atoms with Crippen molar-refractivity contribution in [2.45, 2.75) is 39.7 Å². The average Bonchev–Trinajstić information content (AvgIpc) is 2.74. The number of nitrogens with zero attached hydrogens (tertiary/aromatic N) is 2. The number of hydrogen-bond donors (Lipinski definition) is 2. The molecule has 3 rings (SSSR count). The van der Waals surface area contributed by atoms with E-state index in [1.807, 2.05) is 49.9 Å². The van der Waals surface area contributed by atoms with E-state index in [2.05, 4.69) is 15.6 Å². The Hall–Kier alpha value is -3.09. The maximum absolute atomic E-state index is 12.8. The highest BCUT2D eigenvalue weighted by atomic mass is 16.5. The minimum atomic E-state index is -0.229. The number of anilines is 1. The summed E-state index contributed by atoms with van der Waals surface area (Å²) < 4.78 is 5.53. The third-order valence-electron chi connectivity index (χ3n) is 5.01. The third-order valence-corrected chi connectivity index (χ3v) is 5.01. The van der Waals surface area contributed by atoms with E-state index in [1.165, 1.54) is 0 Å². The first-order valence-corrected chi connectivity index (χ1v) is 10.4. The number of benzene rings is 1. The number of rotatable bonds is 6. The maximum atomic E-state index is 12.8. The normalized spacial score (nSPS) is 16.3. The second kappa shape index (κ2) is 10.1. The van der Waals surface area contributed by atoms with Gasteiger partial charge in [-0.25, -0.2) is 9.78 Å². The quantitative estimate of drug-likeness (QED) is 0.758. The van der Waals surface area contributed by atoms with Gasteiger partial charge in [0.05, 0.1) is 11.7 Å². The Kier molecular flexibility index (Phi) is 7.27. The van der Waals surface area contributed by atoms with E-state index in [0.29, 0.717) is 24.5 Å². The number of aryl methyl sites for hydroxylation is 1. The number of urea groups is 1. The number of nitrogens with one attached hydrogen (secondary N) is 2. The highest BCUT2D eigenvalue weighted by molar-refractivity contribution is 5.94. The van der Waals surface area contributed by atoms with Gasteiger partial charge >= 0.3 is 6.03 Å². The summed E-state index contributed by atoms with van der Waals surface area (Å²) in [5.74, 6) is 0.706. The van der Waals surface area contributed by atoms with Crippen molar-refractivity contribution in [1.29, 1.82) is 0 Å². The standard InChI is InChI=1S/C23H30N4O3/c1-16(2)30-21-11-8-19(14-24-21)22(28)27-12-4-5-18(15-27)13-25-23(29)26-20-9-6-17(3)7-10-20/h6-11,14,16,18H,4-5,12-13,15H2,1-3H3,(H2,25,26,29). The Morgan fingerprint density at radius 2 is 1.97 bits per heavy atom. The lowest BCUT2D eigenvalue weighted by atomic mass is 9.97. The molecule has 1 aromatic carbocycles. The minimum Gasteiger partial charge on any atom is -0.475 e. The monoisotopic (exact) mass is 410 g/mol. The zero-order valence-corrected chi connectivity index (χ0v) is 17.9. The fourth-order valence-corrected chi connectivity index (χ4v) is 3.47. The second-order valence-corrected chi connectivity index (χ2v) is 8.01. The van der Waals surface area contributed by atoms with Crippen molar-refractivity contribution in [3.05, 3.63) is 53.7 Å². The Labute approximate surface area is 177 Å². The number of ether oxygens (including phenoxy) is 1. The number of amides is 3. The highest BCUT2D eigenvalue weighted by Gasteiger charge is 2.25. The van der Waals surface area contributed by atoms with E-state index in [1.54, 1.807) is 18.3 Å². The molecule has 0 radical (unpaired) electrons. The molecule has 1 unspecified atom stereocenters. The topological polar surface area (TPSA) is 83.6 Å². The first-order valence-electron chi connectivity index (χ1n) is 10.4. The van der Waals surface area contributed by atoms with E-state index in [4.69, 9.17) is 4.74 Å². The summed E-state index contributed by atoms with van der Waals surface area (Å²) in [5.41, 5.74) is 2.46. The summed E-state index contributed by atoms with van der Waals surface area (Å²) in [6, 6.07) is 10.9. The molecule has 1 saturated heterocycles. The van der Waals surface area contributed by atoms with Crippen molar-refractivity contribution in [1.82, 2.24) is 15.2 Å². The van der Waals surface area contributed by atoms with Gasteiger partial charge in [-0.05, 0) is 57.7 Å². The van der Waals surface area contributed by atoms with E-state index < -0.39 is 0 Å². The van der Waals surface area contributed by atoms with E-state index in [-0.39, 0.29) is 24.0 Å². The van der Waals surface area contributed by atoms with Gasteiger partial charge in [0.25, 0.3) is 5.91 Å². The summed E-state index contributed by atoms with van der Waals surface area (Å²) in [6.45, 7) is 7.74. The first kappa shape index (κ1) is 21.6. The molecule has 2 N–H and O–H groups in total. The molecule has 0 saturated carbocycles. The molecule has 7 nitrogen and oxygen atoms in total. The predicted octanol–water partition coefficient (Wildman–Crippen LogP) is 3.85. The highest BCUT2D eigenvalue weighted by Crippen LogP contribution is 2.19. The van der Waals surface area contributed by atoms with Crippen LogP contribution >= 0.6 is 0 Å². The molecule has 7 heteroatoms. The molecular formula is C23H30N4O3. The van der Waals surface area contributed by atoms with Crippen LogP contribution in [0.4, 0.5) is 10.5 Å². The number of carbonyl (C=O) groups excluding carboxylic acids is 2. The Balaban J connectivity index is 1.49. The van der Waals surface area contributed by atoms with E-state index in [9.17, 15) is 9.59 Å². The van der Waals surface area contributed by atoms with Crippen LogP contribution in [0.25, 0.3) is 0 Å². The molecule has 30 heavy (non-hydrogen) atoms. The summed E-state index contributed by atoms with van der Waals surface area (Å²) in [7, 11) is 0. The first-order chi connectivity index (χ1) is 14.4. The van der Waals surface area contributed by atoms with Crippen LogP contribution in [0.15, 0.2) is 42.6 Å². The SMILES string of the molecule is Cc1ccc(NC(=O)NCC2CCCN(C(=O)c3ccc(OC(C)C)nc3)C2)cc1. The Bertz CT molecular complexity index is 850. The van der Waals surface area contributed by atoms with Crippen LogP contribution in [0.5, 0.6) is 5.88 Å². The van der Waals surface area contributed by atoms with Gasteiger partial charge in [-0.2, -0.15) is 0 Å². The minimum absolute atomic E-state index is 0.0348. The molecule has 3 amide bonds. The molecular weight excluding hydrogens is 380 g/mol. The zero-order valence-electron chi connectivity index (χ0n) is 17.9. The fourth-order valence-electron chi connectivity index (χ4n) is 3.47. The summed E-state index contributed by atoms with van der Waals surface area (Å²) in [5, 5.41) is 5.76. The maximum Gasteiger partial charge on any atom is 0.319 e. The average molecular weight is 411 g/mol. The van der Waals surface area contributed by atoms with Crippen LogP contribution in [-0.2, 0) is 0 Å². The lowest BCUT2D eigenvalue weighted by Crippen LogP contribution is -2.44. The van der Waals surface area contributed by atoms with Crippen molar-refractivity contribution in [3.8, 4) is 5.88 Å². The van der Waals surface area contributed by atoms with Gasteiger partial charge in [-0.1, -0.05) is 17.7 Å². The van der Waals surface area contributed by atoms with Crippen molar-refractivity contribution in [2.75, 3.05) is 25.0 Å². The molecule has 1 atom stereocenters. The second-order valence-electron chi connectivity index (χ2n) is 8.01. The Morgan fingerprint density at radius 3 is 2.63 bits per heavy atom. The van der Waals surface area contributed by atoms with Gasteiger partial charge in [-0.3, -0.25) is 4.79 Å². The molecule has 1 aliphatic heterocycles. The third kappa shape index (κ3) is 6.20. The van der Waals surface area contributed by atoms with Crippen LogP contribution in [0.2, 0.25) is 0 Å². The zero-order chi connectivity index (χ0) is 21.5. The van der Waals surface area contributed by atoms with Crippen molar-refractivity contribution < 1.29 is 14.3 Å². The molecule has 0 spiro atoms. The van der Waals surface area contributed by atoms with E-state index in [0.717, 1.165) is 30.6 Å². The molecule has 1 aliphatic rings. The molecule has 2 aromatic rings. The van der Waals surface area contributed by atoms with Gasteiger partial charge in [0, 0.05) is 37.6 Å². The van der Waals surface area contributed by atoms with Crippen molar-refractivity contribution in [3.63, 3.8) is 0 Å². The number of carbonyl (C=O) groups is 2. The number of likely N-dealkylation sites (tertiary alicyclic amines) is 1. The van der Waals surface area contributed by atoms with Gasteiger partial charge in [0.15, 0.2) is 0 Å². The Morgan fingerprint density at radius 1 is 1.20 bits per heavy atom. The molecule has 2 heterocycles. The predicted molar refractivity (Wildman–Crippen MR) is 117 cm³/mol. The summed E-state index contributed by atoms with van der Waals surface area (Å²) >= 11 is 0. The lowest BCUT2D eigenvalue weighted by molar-refractivity contribution is 0.0674. The van der Waals surface area contributed by atoms with Gasteiger partial charge in [0.1, 0.15) is 0 Å².